The maximum atomic E-state index is 11.9. The van der Waals surface area contributed by atoms with E-state index in [2.05, 4.69) is 43.2 Å². The van der Waals surface area contributed by atoms with Crippen molar-refractivity contribution in [3.8, 4) is 16.8 Å². The molecule has 174 valence electrons. The lowest BCUT2D eigenvalue weighted by atomic mass is 9.78. The zero-order chi connectivity index (χ0) is 24.7. The van der Waals surface area contributed by atoms with Crippen molar-refractivity contribution >= 4 is 15.7 Å². The number of aryl methyl sites for hydroxylation is 1. The van der Waals surface area contributed by atoms with Gasteiger partial charge in [0, 0.05) is 17.4 Å². The molecule has 1 aromatic heterocycles. The zero-order valence-corrected chi connectivity index (χ0v) is 20.4. The highest BCUT2D eigenvalue weighted by Crippen LogP contribution is 2.33. The molecule has 0 saturated carbocycles. The number of rotatable bonds is 6. The summed E-state index contributed by atoms with van der Waals surface area (Å²) in [4.78, 5) is 11.7. The van der Waals surface area contributed by atoms with Gasteiger partial charge in [-0.05, 0) is 59.5 Å². The van der Waals surface area contributed by atoms with Gasteiger partial charge in [-0.3, -0.25) is 4.79 Å². The van der Waals surface area contributed by atoms with Crippen molar-refractivity contribution < 1.29 is 13.2 Å². The maximum absolute atomic E-state index is 11.9. The number of nitrogens with two attached hydrogens (primary N) is 1. The fourth-order valence-electron chi connectivity index (χ4n) is 4.03. The SMILES string of the molecule is Cc1cc(C(N)=O)nn1-c1ccc(C(C)(C)c2ccc(-c3cccc(S(C)(=O)=O)c3)cc2)cc1. The summed E-state index contributed by atoms with van der Waals surface area (Å²) in [5, 5.41) is 4.29. The normalized spacial score (nSPS) is 12.0. The van der Waals surface area contributed by atoms with Gasteiger partial charge in [-0.25, -0.2) is 13.1 Å². The Hall–Kier alpha value is -3.71. The summed E-state index contributed by atoms with van der Waals surface area (Å²) in [5.74, 6) is -0.550. The predicted molar refractivity (Wildman–Crippen MR) is 134 cm³/mol. The molecular formula is C27H27N3O3S. The molecule has 0 unspecified atom stereocenters. The van der Waals surface area contributed by atoms with E-state index in [0.29, 0.717) is 4.90 Å². The lowest BCUT2D eigenvalue weighted by Gasteiger charge is -2.26. The first-order valence-corrected chi connectivity index (χ1v) is 12.7. The van der Waals surface area contributed by atoms with E-state index >= 15 is 0 Å². The van der Waals surface area contributed by atoms with Crippen LogP contribution in [-0.2, 0) is 15.3 Å². The van der Waals surface area contributed by atoms with E-state index < -0.39 is 15.7 Å². The lowest BCUT2D eigenvalue weighted by Crippen LogP contribution is -2.19. The van der Waals surface area contributed by atoms with E-state index in [4.69, 9.17) is 5.73 Å². The van der Waals surface area contributed by atoms with E-state index in [1.54, 1.807) is 28.9 Å². The molecule has 34 heavy (non-hydrogen) atoms. The van der Waals surface area contributed by atoms with Crippen molar-refractivity contribution in [2.75, 3.05) is 6.26 Å². The van der Waals surface area contributed by atoms with Gasteiger partial charge in [0.2, 0.25) is 0 Å². The van der Waals surface area contributed by atoms with E-state index in [1.807, 2.05) is 37.3 Å². The van der Waals surface area contributed by atoms with Gasteiger partial charge in [-0.15, -0.1) is 0 Å². The monoisotopic (exact) mass is 473 g/mol. The molecular weight excluding hydrogens is 446 g/mol. The third-order valence-electron chi connectivity index (χ3n) is 6.18. The van der Waals surface area contributed by atoms with Gasteiger partial charge in [-0.1, -0.05) is 62.4 Å². The molecule has 0 bridgehead atoms. The Morgan fingerprint density at radius 1 is 0.882 bits per heavy atom. The second-order valence-corrected chi connectivity index (χ2v) is 11.0. The molecule has 0 spiro atoms. The number of nitrogens with zero attached hydrogens (tertiary/aromatic N) is 2. The minimum Gasteiger partial charge on any atom is -0.364 e. The molecule has 4 rings (SSSR count). The van der Waals surface area contributed by atoms with Gasteiger partial charge < -0.3 is 5.73 Å². The van der Waals surface area contributed by atoms with E-state index in [0.717, 1.165) is 33.6 Å². The first-order valence-electron chi connectivity index (χ1n) is 10.9. The minimum absolute atomic E-state index is 0.240. The fourth-order valence-corrected chi connectivity index (χ4v) is 4.69. The Labute approximate surface area is 200 Å². The van der Waals surface area contributed by atoms with E-state index in [9.17, 15) is 13.2 Å². The lowest BCUT2D eigenvalue weighted by molar-refractivity contribution is 0.0995. The Kier molecular flexibility index (Phi) is 5.91. The summed E-state index contributed by atoms with van der Waals surface area (Å²) >= 11 is 0. The number of aromatic nitrogens is 2. The minimum atomic E-state index is -3.26. The Morgan fingerprint density at radius 3 is 2.00 bits per heavy atom. The van der Waals surface area contributed by atoms with Gasteiger partial charge in [0.05, 0.1) is 10.6 Å². The van der Waals surface area contributed by atoms with Crippen molar-refractivity contribution in [2.24, 2.45) is 5.73 Å². The smallest absolute Gasteiger partial charge is 0.269 e. The Balaban J connectivity index is 1.61. The summed E-state index contributed by atoms with van der Waals surface area (Å²) in [6.07, 6.45) is 1.22. The number of hydrogen-bond donors (Lipinski definition) is 1. The summed E-state index contributed by atoms with van der Waals surface area (Å²) < 4.78 is 25.5. The fraction of sp³-hybridized carbons (Fsp3) is 0.185. The molecule has 0 atom stereocenters. The number of amides is 1. The third kappa shape index (κ3) is 4.52. The van der Waals surface area contributed by atoms with Gasteiger partial charge >= 0.3 is 0 Å². The second-order valence-electron chi connectivity index (χ2n) is 9.00. The van der Waals surface area contributed by atoms with Crippen LogP contribution in [0.15, 0.2) is 83.8 Å². The van der Waals surface area contributed by atoms with Gasteiger partial charge in [0.15, 0.2) is 15.5 Å². The van der Waals surface area contributed by atoms with Crippen LogP contribution in [-0.4, -0.2) is 30.4 Å². The average molecular weight is 474 g/mol. The average Bonchev–Trinajstić information content (AvgIpc) is 3.21. The summed E-state index contributed by atoms with van der Waals surface area (Å²) in [7, 11) is -3.26. The van der Waals surface area contributed by atoms with Crippen molar-refractivity contribution in [2.45, 2.75) is 31.1 Å². The molecule has 1 amide bonds. The molecule has 0 fully saturated rings. The largest absolute Gasteiger partial charge is 0.364 e. The van der Waals surface area contributed by atoms with E-state index in [1.165, 1.54) is 6.26 Å². The molecule has 6 nitrogen and oxygen atoms in total. The van der Waals surface area contributed by atoms with Crippen molar-refractivity contribution in [3.63, 3.8) is 0 Å². The molecule has 1 heterocycles. The van der Waals surface area contributed by atoms with Gasteiger partial charge in [-0.2, -0.15) is 5.10 Å². The zero-order valence-electron chi connectivity index (χ0n) is 19.6. The van der Waals surface area contributed by atoms with Crippen LogP contribution in [0.4, 0.5) is 0 Å². The highest BCUT2D eigenvalue weighted by Gasteiger charge is 2.23. The molecule has 0 radical (unpaired) electrons. The predicted octanol–water partition coefficient (Wildman–Crippen LogP) is 4.68. The highest BCUT2D eigenvalue weighted by molar-refractivity contribution is 7.90. The molecule has 3 aromatic carbocycles. The molecule has 0 aliphatic rings. The molecule has 0 aliphatic carbocycles. The van der Waals surface area contributed by atoms with E-state index in [-0.39, 0.29) is 11.1 Å². The standard InChI is InChI=1S/C27H27N3O3S/c1-18-16-25(26(28)31)29-30(18)23-14-12-22(13-15-23)27(2,3)21-10-8-19(9-11-21)20-6-5-7-24(17-20)34(4,32)33/h5-17H,1-4H3,(H2,28,31). The van der Waals surface area contributed by atoms with Crippen LogP contribution in [0.2, 0.25) is 0 Å². The number of primary amides is 1. The molecule has 7 heteroatoms. The molecule has 2 N–H and O–H groups in total. The van der Waals surface area contributed by atoms with Gasteiger partial charge in [0.25, 0.3) is 5.91 Å². The number of sulfone groups is 1. The number of benzene rings is 3. The van der Waals surface area contributed by atoms with Crippen molar-refractivity contribution in [1.29, 1.82) is 0 Å². The van der Waals surface area contributed by atoms with Crippen LogP contribution in [0.25, 0.3) is 16.8 Å². The topological polar surface area (TPSA) is 95.1 Å². The first-order chi connectivity index (χ1) is 16.0. The van der Waals surface area contributed by atoms with Crippen LogP contribution in [0, 0.1) is 6.92 Å². The summed E-state index contributed by atoms with van der Waals surface area (Å²) in [6.45, 7) is 6.20. The number of carbonyl (C=O) groups excluding carboxylic acids is 1. The van der Waals surface area contributed by atoms with Crippen molar-refractivity contribution in [1.82, 2.24) is 9.78 Å². The number of carbonyl (C=O) groups is 1. The molecule has 0 saturated heterocycles. The Morgan fingerprint density at radius 2 is 1.47 bits per heavy atom. The quantitative estimate of drug-likeness (QED) is 0.440. The van der Waals surface area contributed by atoms with Gasteiger partial charge in [0.1, 0.15) is 0 Å². The second kappa shape index (κ2) is 8.57. The van der Waals surface area contributed by atoms with Crippen LogP contribution in [0.5, 0.6) is 0 Å². The summed E-state index contributed by atoms with van der Waals surface area (Å²) in [5.41, 5.74) is 11.1. The molecule has 0 aliphatic heterocycles. The van der Waals surface area contributed by atoms with Crippen LogP contribution < -0.4 is 5.73 Å². The maximum Gasteiger partial charge on any atom is 0.269 e. The van der Waals surface area contributed by atoms with Crippen LogP contribution in [0.3, 0.4) is 0 Å². The number of hydrogen-bond acceptors (Lipinski definition) is 4. The summed E-state index contributed by atoms with van der Waals surface area (Å²) in [6, 6.07) is 24.9. The highest BCUT2D eigenvalue weighted by atomic mass is 32.2. The van der Waals surface area contributed by atoms with Crippen molar-refractivity contribution in [3.05, 3.63) is 101 Å². The molecule has 4 aromatic rings. The first kappa shape index (κ1) is 23.4. The van der Waals surface area contributed by atoms with Crippen LogP contribution >= 0.6 is 0 Å². The Bertz CT molecular complexity index is 1470. The third-order valence-corrected chi connectivity index (χ3v) is 7.29. The van der Waals surface area contributed by atoms with Crippen LogP contribution in [0.1, 0.15) is 41.2 Å².